The fraction of sp³-hybridized carbons (Fsp3) is 0.381. The Labute approximate surface area is 173 Å². The summed E-state index contributed by atoms with van der Waals surface area (Å²) in [6.45, 7) is 4.19. The molecule has 1 aliphatic carbocycles. The second-order valence-corrected chi connectivity index (χ2v) is 8.04. The Balaban J connectivity index is 1.53. The molecule has 1 aliphatic rings. The van der Waals surface area contributed by atoms with Crippen molar-refractivity contribution in [2.45, 2.75) is 39.5 Å². The van der Waals surface area contributed by atoms with Crippen LogP contribution in [0.25, 0.3) is 0 Å². The molecule has 3 amide bonds. The minimum atomic E-state index is -0.555. The Hall–Kier alpha value is -2.87. The Morgan fingerprint density at radius 2 is 1.83 bits per heavy atom. The van der Waals surface area contributed by atoms with Gasteiger partial charge in [0, 0.05) is 16.1 Å². The molecule has 3 rings (SSSR count). The Kier molecular flexibility index (Phi) is 6.87. The molecule has 7 nitrogen and oxygen atoms in total. The van der Waals surface area contributed by atoms with Gasteiger partial charge in [0.25, 0.3) is 11.8 Å². The topological polar surface area (TPSA) is 96.5 Å². The molecule has 0 spiro atoms. The summed E-state index contributed by atoms with van der Waals surface area (Å²) < 4.78 is 4.80. The summed E-state index contributed by atoms with van der Waals surface area (Å²) in [5.74, 6) is -0.0613. The van der Waals surface area contributed by atoms with Gasteiger partial charge in [0.15, 0.2) is 0 Å². The molecule has 154 valence electrons. The normalized spacial score (nSPS) is 15.2. The third-order valence-corrected chi connectivity index (χ3v) is 6.18. The maximum absolute atomic E-state index is 12.4. The predicted molar refractivity (Wildman–Crippen MR) is 112 cm³/mol. The van der Waals surface area contributed by atoms with E-state index in [4.69, 9.17) is 4.74 Å². The van der Waals surface area contributed by atoms with E-state index < -0.39 is 12.0 Å². The van der Waals surface area contributed by atoms with E-state index in [9.17, 15) is 14.4 Å². The zero-order valence-electron chi connectivity index (χ0n) is 16.5. The minimum absolute atomic E-state index is 0.276. The largest absolute Gasteiger partial charge is 0.450 e. The van der Waals surface area contributed by atoms with Crippen molar-refractivity contribution < 1.29 is 19.1 Å². The SMILES string of the molecule is CCOC(=O)Nc1ccc(C(=O)NNC(=O)c2cc3c(s2)CC[C@H](CC)C3)cc1. The van der Waals surface area contributed by atoms with E-state index in [2.05, 4.69) is 23.1 Å². The van der Waals surface area contributed by atoms with Gasteiger partial charge in [-0.05, 0) is 68.0 Å². The lowest BCUT2D eigenvalue weighted by molar-refractivity contribution is 0.0849. The van der Waals surface area contributed by atoms with Crippen LogP contribution < -0.4 is 16.2 Å². The number of amides is 3. The van der Waals surface area contributed by atoms with Crippen LogP contribution in [0.3, 0.4) is 0 Å². The lowest BCUT2D eigenvalue weighted by Gasteiger charge is -2.19. The fourth-order valence-corrected chi connectivity index (χ4v) is 4.40. The van der Waals surface area contributed by atoms with Gasteiger partial charge in [-0.3, -0.25) is 25.8 Å². The van der Waals surface area contributed by atoms with Crippen molar-refractivity contribution in [1.82, 2.24) is 10.9 Å². The number of thiophene rings is 1. The van der Waals surface area contributed by atoms with Crippen molar-refractivity contribution in [3.8, 4) is 0 Å². The van der Waals surface area contributed by atoms with Crippen LogP contribution in [0.15, 0.2) is 30.3 Å². The maximum Gasteiger partial charge on any atom is 0.411 e. The lowest BCUT2D eigenvalue weighted by Crippen LogP contribution is -2.41. The van der Waals surface area contributed by atoms with Gasteiger partial charge in [-0.1, -0.05) is 13.3 Å². The first-order valence-electron chi connectivity index (χ1n) is 9.76. The van der Waals surface area contributed by atoms with Crippen LogP contribution in [0.4, 0.5) is 10.5 Å². The van der Waals surface area contributed by atoms with Crippen molar-refractivity contribution >= 4 is 34.9 Å². The van der Waals surface area contributed by atoms with E-state index in [1.54, 1.807) is 31.2 Å². The fourth-order valence-electron chi connectivity index (χ4n) is 3.30. The summed E-state index contributed by atoms with van der Waals surface area (Å²) in [5, 5.41) is 2.55. The highest BCUT2D eigenvalue weighted by atomic mass is 32.1. The van der Waals surface area contributed by atoms with Gasteiger partial charge in [0.1, 0.15) is 0 Å². The third-order valence-electron chi connectivity index (χ3n) is 4.94. The maximum atomic E-state index is 12.4. The number of fused-ring (bicyclic) bond motifs is 1. The molecule has 8 heteroatoms. The molecule has 1 heterocycles. The van der Waals surface area contributed by atoms with Gasteiger partial charge < -0.3 is 4.74 Å². The molecule has 1 atom stereocenters. The van der Waals surface area contributed by atoms with Crippen molar-refractivity contribution in [2.75, 3.05) is 11.9 Å². The minimum Gasteiger partial charge on any atom is -0.450 e. The molecule has 3 N–H and O–H groups in total. The molecule has 0 radical (unpaired) electrons. The number of rotatable bonds is 5. The Morgan fingerprint density at radius 1 is 1.10 bits per heavy atom. The zero-order valence-corrected chi connectivity index (χ0v) is 17.4. The first kappa shape index (κ1) is 20.9. The zero-order chi connectivity index (χ0) is 20.8. The predicted octanol–water partition coefficient (Wildman–Crippen LogP) is 3.91. The van der Waals surface area contributed by atoms with Crippen molar-refractivity contribution in [1.29, 1.82) is 0 Å². The molecule has 0 aliphatic heterocycles. The van der Waals surface area contributed by atoms with Gasteiger partial charge in [-0.25, -0.2) is 4.79 Å². The summed E-state index contributed by atoms with van der Waals surface area (Å²) in [4.78, 5) is 37.9. The average Bonchev–Trinajstić information content (AvgIpc) is 3.15. The molecular weight excluding hydrogens is 390 g/mol. The average molecular weight is 416 g/mol. The van der Waals surface area contributed by atoms with E-state index in [-0.39, 0.29) is 12.5 Å². The number of hydrazine groups is 1. The summed E-state index contributed by atoms with van der Waals surface area (Å²) in [5.41, 5.74) is 7.04. The standard InChI is InChI=1S/C21H25N3O4S/c1-3-13-5-10-17-15(11-13)12-18(29-17)20(26)24-23-19(25)14-6-8-16(9-7-14)22-21(27)28-4-2/h6-9,12-13H,3-5,10-11H2,1-2H3,(H,22,27)(H,23,25)(H,24,26)/t13-/m0/s1. The van der Waals surface area contributed by atoms with Gasteiger partial charge >= 0.3 is 6.09 Å². The molecular formula is C21H25N3O4S. The molecule has 0 saturated carbocycles. The van der Waals surface area contributed by atoms with Crippen molar-refractivity contribution in [2.24, 2.45) is 5.92 Å². The molecule has 0 fully saturated rings. The first-order valence-corrected chi connectivity index (χ1v) is 10.6. The third kappa shape index (κ3) is 5.35. The number of benzene rings is 1. The number of ether oxygens (including phenoxy) is 1. The van der Waals surface area contributed by atoms with Gasteiger partial charge in [-0.2, -0.15) is 0 Å². The molecule has 0 saturated heterocycles. The van der Waals surface area contributed by atoms with E-state index >= 15 is 0 Å². The number of nitrogens with one attached hydrogen (secondary N) is 3. The van der Waals surface area contributed by atoms with Crippen LogP contribution in [0.5, 0.6) is 0 Å². The molecule has 0 unspecified atom stereocenters. The summed E-state index contributed by atoms with van der Waals surface area (Å²) in [6, 6.07) is 8.23. The highest BCUT2D eigenvalue weighted by Crippen LogP contribution is 2.33. The quantitative estimate of drug-likeness (QED) is 0.645. The van der Waals surface area contributed by atoms with Crippen LogP contribution in [0.1, 0.15) is 57.2 Å². The van der Waals surface area contributed by atoms with E-state index in [0.29, 0.717) is 22.0 Å². The van der Waals surface area contributed by atoms with Crippen LogP contribution in [-0.2, 0) is 17.6 Å². The second kappa shape index (κ2) is 9.56. The van der Waals surface area contributed by atoms with Crippen LogP contribution in [0.2, 0.25) is 0 Å². The number of carbonyl (C=O) groups excluding carboxylic acids is 3. The number of aryl methyl sites for hydroxylation is 1. The highest BCUT2D eigenvalue weighted by molar-refractivity contribution is 7.14. The van der Waals surface area contributed by atoms with Gasteiger partial charge in [-0.15, -0.1) is 11.3 Å². The molecule has 29 heavy (non-hydrogen) atoms. The molecule has 1 aromatic carbocycles. The van der Waals surface area contributed by atoms with E-state index in [1.807, 2.05) is 6.07 Å². The smallest absolute Gasteiger partial charge is 0.411 e. The Bertz CT molecular complexity index is 892. The Morgan fingerprint density at radius 3 is 2.52 bits per heavy atom. The van der Waals surface area contributed by atoms with Crippen LogP contribution in [-0.4, -0.2) is 24.5 Å². The summed E-state index contributed by atoms with van der Waals surface area (Å²) in [7, 11) is 0. The summed E-state index contributed by atoms with van der Waals surface area (Å²) >= 11 is 1.50. The number of carbonyl (C=O) groups is 3. The van der Waals surface area contributed by atoms with Crippen LogP contribution >= 0.6 is 11.3 Å². The molecule has 2 aromatic rings. The summed E-state index contributed by atoms with van der Waals surface area (Å²) in [6.07, 6.45) is 3.81. The van der Waals surface area contributed by atoms with E-state index in [1.165, 1.54) is 28.2 Å². The van der Waals surface area contributed by atoms with Crippen LogP contribution in [0, 0.1) is 5.92 Å². The number of hydrogen-bond donors (Lipinski definition) is 3. The second-order valence-electron chi connectivity index (χ2n) is 6.91. The van der Waals surface area contributed by atoms with Gasteiger partial charge in [0.2, 0.25) is 0 Å². The molecule has 0 bridgehead atoms. The van der Waals surface area contributed by atoms with Gasteiger partial charge in [0.05, 0.1) is 11.5 Å². The lowest BCUT2D eigenvalue weighted by atomic mass is 9.87. The van der Waals surface area contributed by atoms with Crippen molar-refractivity contribution in [3.63, 3.8) is 0 Å². The first-order chi connectivity index (χ1) is 14.0. The number of anilines is 1. The monoisotopic (exact) mass is 415 g/mol. The highest BCUT2D eigenvalue weighted by Gasteiger charge is 2.22. The van der Waals surface area contributed by atoms with Crippen molar-refractivity contribution in [3.05, 3.63) is 51.2 Å². The number of hydrogen-bond acceptors (Lipinski definition) is 5. The van der Waals surface area contributed by atoms with E-state index in [0.717, 1.165) is 19.3 Å². The molecule has 1 aromatic heterocycles.